The molecule has 0 bridgehead atoms. The molecule has 1 aromatic carbocycles. The van der Waals surface area contributed by atoms with E-state index < -0.39 is 0 Å². The third-order valence-corrected chi connectivity index (χ3v) is 3.54. The summed E-state index contributed by atoms with van der Waals surface area (Å²) in [5.74, 6) is -0.382. The van der Waals surface area contributed by atoms with E-state index in [9.17, 15) is 4.79 Å². The fourth-order valence-electron chi connectivity index (χ4n) is 2.53. The first-order chi connectivity index (χ1) is 8.70. The zero-order valence-electron chi connectivity index (χ0n) is 10.7. The van der Waals surface area contributed by atoms with Crippen molar-refractivity contribution in [2.45, 2.75) is 38.0 Å². The summed E-state index contributed by atoms with van der Waals surface area (Å²) in [4.78, 5) is 11.1. The lowest BCUT2D eigenvalue weighted by Gasteiger charge is -2.19. The van der Waals surface area contributed by atoms with E-state index in [1.54, 1.807) is 13.2 Å². The highest BCUT2D eigenvalue weighted by Gasteiger charge is 2.26. The Hall–Kier alpha value is -1.39. The van der Waals surface area contributed by atoms with Gasteiger partial charge in [-0.2, -0.15) is 0 Å². The first kappa shape index (κ1) is 13.1. The van der Waals surface area contributed by atoms with Crippen molar-refractivity contribution in [3.05, 3.63) is 35.4 Å². The molecular weight excluding hydrogens is 228 g/mol. The van der Waals surface area contributed by atoms with Crippen molar-refractivity contribution >= 4 is 5.91 Å². The average molecular weight is 248 g/mol. The van der Waals surface area contributed by atoms with E-state index in [0.717, 1.165) is 24.9 Å². The highest BCUT2D eigenvalue weighted by atomic mass is 16.5. The molecule has 1 saturated carbocycles. The maximum Gasteiger partial charge on any atom is 0.248 e. The zero-order chi connectivity index (χ0) is 13.0. The molecule has 2 unspecified atom stereocenters. The van der Waals surface area contributed by atoms with Crippen molar-refractivity contribution in [1.29, 1.82) is 0 Å². The van der Waals surface area contributed by atoms with Gasteiger partial charge in [-0.3, -0.25) is 4.79 Å². The first-order valence-corrected chi connectivity index (χ1v) is 6.35. The number of nitrogens with two attached hydrogens (primary N) is 1. The number of hydrogen-bond donors (Lipinski definition) is 2. The van der Waals surface area contributed by atoms with Crippen LogP contribution in [0.15, 0.2) is 24.3 Å². The Labute approximate surface area is 108 Å². The Morgan fingerprint density at radius 3 is 3.06 bits per heavy atom. The number of carbonyl (C=O) groups is 1. The Morgan fingerprint density at radius 1 is 1.50 bits per heavy atom. The molecule has 0 aromatic heterocycles. The standard InChI is InChI=1S/C14H20N2O2/c1-18-13-7-3-6-12(13)16-9-10-4-2-5-11(8-10)14(15)17/h2,4-5,8,12-13,16H,3,6-7,9H2,1H3,(H2,15,17). The largest absolute Gasteiger partial charge is 0.380 e. The van der Waals surface area contributed by atoms with Crippen LogP contribution in [0, 0.1) is 0 Å². The summed E-state index contributed by atoms with van der Waals surface area (Å²) < 4.78 is 5.44. The van der Waals surface area contributed by atoms with Gasteiger partial charge >= 0.3 is 0 Å². The molecule has 3 N–H and O–H groups in total. The van der Waals surface area contributed by atoms with Crippen molar-refractivity contribution in [1.82, 2.24) is 5.32 Å². The SMILES string of the molecule is COC1CCCC1NCc1cccc(C(N)=O)c1. The number of carbonyl (C=O) groups excluding carboxylic acids is 1. The van der Waals surface area contributed by atoms with Crippen LogP contribution < -0.4 is 11.1 Å². The molecule has 0 aliphatic heterocycles. The lowest BCUT2D eigenvalue weighted by molar-refractivity contribution is 0.0847. The van der Waals surface area contributed by atoms with Gasteiger partial charge in [-0.15, -0.1) is 0 Å². The van der Waals surface area contributed by atoms with Crippen molar-refractivity contribution in [3.8, 4) is 0 Å². The molecule has 1 fully saturated rings. The molecule has 98 valence electrons. The van der Waals surface area contributed by atoms with Gasteiger partial charge in [0.25, 0.3) is 0 Å². The number of amides is 1. The van der Waals surface area contributed by atoms with Gasteiger partial charge in [0.15, 0.2) is 0 Å². The van der Waals surface area contributed by atoms with E-state index in [4.69, 9.17) is 10.5 Å². The third-order valence-electron chi connectivity index (χ3n) is 3.54. The quantitative estimate of drug-likeness (QED) is 0.828. The molecule has 2 atom stereocenters. The first-order valence-electron chi connectivity index (χ1n) is 6.35. The summed E-state index contributed by atoms with van der Waals surface area (Å²) in [5.41, 5.74) is 6.90. The van der Waals surface area contributed by atoms with Crippen LogP contribution in [0.3, 0.4) is 0 Å². The predicted octanol–water partition coefficient (Wildman–Crippen LogP) is 1.44. The molecule has 2 rings (SSSR count). The van der Waals surface area contributed by atoms with Crippen LogP contribution in [0.5, 0.6) is 0 Å². The molecule has 0 spiro atoms. The van der Waals surface area contributed by atoms with E-state index in [1.165, 1.54) is 6.42 Å². The molecular formula is C14H20N2O2. The fraction of sp³-hybridized carbons (Fsp3) is 0.500. The average Bonchev–Trinajstić information content (AvgIpc) is 2.84. The van der Waals surface area contributed by atoms with Crippen LogP contribution in [0.4, 0.5) is 0 Å². The summed E-state index contributed by atoms with van der Waals surface area (Å²) >= 11 is 0. The molecule has 4 heteroatoms. The van der Waals surface area contributed by atoms with Crippen LogP contribution >= 0.6 is 0 Å². The van der Waals surface area contributed by atoms with E-state index >= 15 is 0 Å². The Balaban J connectivity index is 1.93. The van der Waals surface area contributed by atoms with E-state index in [-0.39, 0.29) is 5.91 Å². The highest BCUT2D eigenvalue weighted by Crippen LogP contribution is 2.21. The highest BCUT2D eigenvalue weighted by molar-refractivity contribution is 5.92. The minimum Gasteiger partial charge on any atom is -0.380 e. The molecule has 1 aliphatic carbocycles. The van der Waals surface area contributed by atoms with Crippen LogP contribution in [-0.4, -0.2) is 25.2 Å². The molecule has 0 radical (unpaired) electrons. The van der Waals surface area contributed by atoms with Gasteiger partial charge in [0.2, 0.25) is 5.91 Å². The van der Waals surface area contributed by atoms with Crippen LogP contribution in [0.25, 0.3) is 0 Å². The molecule has 4 nitrogen and oxygen atoms in total. The lowest BCUT2D eigenvalue weighted by Crippen LogP contribution is -2.36. The summed E-state index contributed by atoms with van der Waals surface area (Å²) in [6.45, 7) is 0.742. The molecule has 0 heterocycles. The number of hydrogen-bond acceptors (Lipinski definition) is 3. The molecule has 1 aliphatic rings. The van der Waals surface area contributed by atoms with Gasteiger partial charge in [-0.05, 0) is 37.0 Å². The zero-order valence-corrected chi connectivity index (χ0v) is 10.7. The third kappa shape index (κ3) is 3.09. The number of rotatable bonds is 5. The Kier molecular flexibility index (Phi) is 4.33. The fourth-order valence-corrected chi connectivity index (χ4v) is 2.53. The van der Waals surface area contributed by atoms with Gasteiger partial charge in [0.05, 0.1) is 6.10 Å². The topological polar surface area (TPSA) is 64.3 Å². The smallest absolute Gasteiger partial charge is 0.248 e. The Morgan fingerprint density at radius 2 is 2.33 bits per heavy atom. The molecule has 0 saturated heterocycles. The van der Waals surface area contributed by atoms with Crippen molar-refractivity contribution in [2.75, 3.05) is 7.11 Å². The van der Waals surface area contributed by atoms with E-state index in [2.05, 4.69) is 5.32 Å². The summed E-state index contributed by atoms with van der Waals surface area (Å²) in [7, 11) is 1.76. The summed E-state index contributed by atoms with van der Waals surface area (Å²) in [5, 5.41) is 3.49. The van der Waals surface area contributed by atoms with Gasteiger partial charge in [0, 0.05) is 25.3 Å². The van der Waals surface area contributed by atoms with Crippen LogP contribution in [0.2, 0.25) is 0 Å². The van der Waals surface area contributed by atoms with Gasteiger partial charge in [0.1, 0.15) is 0 Å². The second-order valence-electron chi connectivity index (χ2n) is 4.76. The number of primary amides is 1. The molecule has 1 aromatic rings. The van der Waals surface area contributed by atoms with Gasteiger partial charge in [-0.25, -0.2) is 0 Å². The van der Waals surface area contributed by atoms with E-state index in [1.807, 2.05) is 18.2 Å². The van der Waals surface area contributed by atoms with Crippen molar-refractivity contribution in [3.63, 3.8) is 0 Å². The monoisotopic (exact) mass is 248 g/mol. The van der Waals surface area contributed by atoms with E-state index in [0.29, 0.717) is 17.7 Å². The lowest BCUT2D eigenvalue weighted by atomic mass is 10.1. The number of benzene rings is 1. The van der Waals surface area contributed by atoms with Gasteiger partial charge in [-0.1, -0.05) is 12.1 Å². The second kappa shape index (κ2) is 5.98. The minimum absolute atomic E-state index is 0.310. The summed E-state index contributed by atoms with van der Waals surface area (Å²) in [6, 6.07) is 7.84. The normalized spacial score (nSPS) is 23.2. The van der Waals surface area contributed by atoms with Gasteiger partial charge < -0.3 is 15.8 Å². The molecule has 18 heavy (non-hydrogen) atoms. The number of methoxy groups -OCH3 is 1. The predicted molar refractivity (Wildman–Crippen MR) is 70.2 cm³/mol. The van der Waals surface area contributed by atoms with Crippen molar-refractivity contribution < 1.29 is 9.53 Å². The molecule has 1 amide bonds. The van der Waals surface area contributed by atoms with Crippen molar-refractivity contribution in [2.24, 2.45) is 5.73 Å². The maximum atomic E-state index is 11.1. The van der Waals surface area contributed by atoms with Crippen LogP contribution in [0.1, 0.15) is 35.2 Å². The number of ether oxygens (including phenoxy) is 1. The number of nitrogens with one attached hydrogen (secondary N) is 1. The van der Waals surface area contributed by atoms with Crippen LogP contribution in [-0.2, 0) is 11.3 Å². The second-order valence-corrected chi connectivity index (χ2v) is 4.76. The summed E-state index contributed by atoms with van der Waals surface area (Å²) in [6.07, 6.45) is 3.78. The minimum atomic E-state index is -0.382. The maximum absolute atomic E-state index is 11.1. The Bertz CT molecular complexity index is 420.